The number of nitrogens with zero attached hydrogens (tertiary/aromatic N) is 1. The van der Waals surface area contributed by atoms with Gasteiger partial charge in [0.05, 0.1) is 12.6 Å². The van der Waals surface area contributed by atoms with Crippen LogP contribution in [0.5, 0.6) is 0 Å². The molecule has 138 valence electrons. The number of carbonyl (C=O) groups excluding carboxylic acids is 2. The molecular formula is C20H24ClN3O2. The van der Waals surface area contributed by atoms with Crippen molar-refractivity contribution in [3.05, 3.63) is 70.2 Å². The maximum absolute atomic E-state index is 12.3. The second-order valence-corrected chi connectivity index (χ2v) is 6.73. The minimum atomic E-state index is -0.112. The molecule has 0 saturated carbocycles. The molecule has 0 spiro atoms. The van der Waals surface area contributed by atoms with Crippen molar-refractivity contribution in [2.45, 2.75) is 19.5 Å². The Morgan fingerprint density at radius 2 is 1.85 bits per heavy atom. The van der Waals surface area contributed by atoms with Crippen molar-refractivity contribution in [2.24, 2.45) is 0 Å². The predicted molar refractivity (Wildman–Crippen MR) is 104 cm³/mol. The van der Waals surface area contributed by atoms with E-state index < -0.39 is 0 Å². The highest BCUT2D eigenvalue weighted by atomic mass is 35.5. The van der Waals surface area contributed by atoms with Crippen molar-refractivity contribution in [1.29, 1.82) is 0 Å². The van der Waals surface area contributed by atoms with Crippen molar-refractivity contribution in [3.63, 3.8) is 0 Å². The van der Waals surface area contributed by atoms with E-state index in [2.05, 4.69) is 10.6 Å². The molecule has 0 bridgehead atoms. The van der Waals surface area contributed by atoms with E-state index in [4.69, 9.17) is 11.6 Å². The third-order valence-corrected chi connectivity index (χ3v) is 4.27. The molecule has 0 radical (unpaired) electrons. The maximum Gasteiger partial charge on any atom is 0.251 e. The summed E-state index contributed by atoms with van der Waals surface area (Å²) in [5.41, 5.74) is 2.63. The molecule has 0 aliphatic heterocycles. The molecule has 0 aliphatic rings. The van der Waals surface area contributed by atoms with Crippen molar-refractivity contribution in [3.8, 4) is 0 Å². The number of halogens is 1. The van der Waals surface area contributed by atoms with Gasteiger partial charge in [0.25, 0.3) is 5.91 Å². The number of likely N-dealkylation sites (N-methyl/N-ethyl adjacent to an activating group) is 1. The molecule has 0 aliphatic carbocycles. The second-order valence-electron chi connectivity index (χ2n) is 6.29. The van der Waals surface area contributed by atoms with Crippen molar-refractivity contribution in [2.75, 3.05) is 20.6 Å². The molecule has 5 nitrogen and oxygen atoms in total. The Morgan fingerprint density at radius 3 is 2.46 bits per heavy atom. The van der Waals surface area contributed by atoms with Gasteiger partial charge in [-0.3, -0.25) is 14.5 Å². The van der Waals surface area contributed by atoms with Crippen LogP contribution in [0.25, 0.3) is 0 Å². The van der Waals surface area contributed by atoms with Gasteiger partial charge in [-0.05, 0) is 49.4 Å². The van der Waals surface area contributed by atoms with E-state index >= 15 is 0 Å². The summed E-state index contributed by atoms with van der Waals surface area (Å²) in [5.74, 6) is -0.166. The first-order valence-corrected chi connectivity index (χ1v) is 8.81. The lowest BCUT2D eigenvalue weighted by Crippen LogP contribution is -2.36. The lowest BCUT2D eigenvalue weighted by atomic mass is 10.1. The monoisotopic (exact) mass is 373 g/mol. The molecule has 2 amide bonds. The number of rotatable bonds is 7. The summed E-state index contributed by atoms with van der Waals surface area (Å²) in [7, 11) is 3.49. The van der Waals surface area contributed by atoms with Gasteiger partial charge < -0.3 is 10.6 Å². The Kier molecular flexibility index (Phi) is 7.18. The summed E-state index contributed by atoms with van der Waals surface area (Å²) in [4.78, 5) is 25.7. The van der Waals surface area contributed by atoms with Gasteiger partial charge in [-0.2, -0.15) is 0 Å². The van der Waals surface area contributed by atoms with Crippen LogP contribution in [0.15, 0.2) is 48.5 Å². The van der Waals surface area contributed by atoms with E-state index in [1.54, 1.807) is 19.2 Å². The fraction of sp³-hybridized carbons (Fsp3) is 0.300. The molecule has 26 heavy (non-hydrogen) atoms. The van der Waals surface area contributed by atoms with E-state index in [0.717, 1.165) is 11.1 Å². The molecule has 0 saturated heterocycles. The van der Waals surface area contributed by atoms with Crippen molar-refractivity contribution < 1.29 is 9.59 Å². The molecule has 0 unspecified atom stereocenters. The van der Waals surface area contributed by atoms with Gasteiger partial charge in [-0.15, -0.1) is 0 Å². The highest BCUT2D eigenvalue weighted by Gasteiger charge is 2.12. The summed E-state index contributed by atoms with van der Waals surface area (Å²) in [5, 5.41) is 6.23. The molecule has 2 rings (SSSR count). The van der Waals surface area contributed by atoms with Gasteiger partial charge in [0.15, 0.2) is 0 Å². The van der Waals surface area contributed by atoms with Gasteiger partial charge in [0.1, 0.15) is 0 Å². The van der Waals surface area contributed by atoms with Crippen LogP contribution in [0.3, 0.4) is 0 Å². The van der Waals surface area contributed by atoms with Crippen molar-refractivity contribution in [1.82, 2.24) is 15.5 Å². The molecule has 0 heterocycles. The first-order chi connectivity index (χ1) is 12.4. The zero-order valence-electron chi connectivity index (χ0n) is 15.3. The van der Waals surface area contributed by atoms with E-state index in [1.165, 1.54) is 0 Å². The number of nitrogens with one attached hydrogen (secondary N) is 2. The fourth-order valence-corrected chi connectivity index (χ4v) is 2.86. The average molecular weight is 374 g/mol. The van der Waals surface area contributed by atoms with E-state index in [1.807, 2.05) is 55.3 Å². The second kappa shape index (κ2) is 9.36. The first kappa shape index (κ1) is 19.9. The Labute approximate surface area is 159 Å². The molecule has 2 N–H and O–H groups in total. The van der Waals surface area contributed by atoms with Gasteiger partial charge in [-0.1, -0.05) is 35.9 Å². The Hall–Kier alpha value is -2.37. The van der Waals surface area contributed by atoms with Gasteiger partial charge in [0.2, 0.25) is 5.91 Å². The Morgan fingerprint density at radius 1 is 1.15 bits per heavy atom. The lowest BCUT2D eigenvalue weighted by Gasteiger charge is -2.19. The first-order valence-electron chi connectivity index (χ1n) is 8.43. The molecular weight excluding hydrogens is 350 g/mol. The minimum absolute atomic E-state index is 0.0537. The van der Waals surface area contributed by atoms with Gasteiger partial charge in [-0.25, -0.2) is 0 Å². The standard InChI is InChI=1S/C20H24ClN3O2/c1-14(17-5-4-6-18(21)11-17)23-19(25)13-24(3)12-15-7-9-16(10-8-15)20(26)22-2/h4-11,14H,12-13H2,1-3H3,(H,22,26)(H,23,25)/t14-/m0/s1. The molecule has 1 atom stereocenters. The number of benzene rings is 2. The third kappa shape index (κ3) is 5.86. The molecule has 2 aromatic carbocycles. The van der Waals surface area contributed by atoms with E-state index in [-0.39, 0.29) is 24.4 Å². The SMILES string of the molecule is CNC(=O)c1ccc(CN(C)CC(=O)N[C@@H](C)c2cccc(Cl)c2)cc1. The topological polar surface area (TPSA) is 61.4 Å². The van der Waals surface area contributed by atoms with Crippen LogP contribution in [0, 0.1) is 0 Å². The summed E-state index contributed by atoms with van der Waals surface area (Å²) < 4.78 is 0. The molecule has 6 heteroatoms. The molecule has 0 aromatic heterocycles. The number of carbonyl (C=O) groups is 2. The van der Waals surface area contributed by atoms with Crippen LogP contribution in [0.1, 0.15) is 34.5 Å². The average Bonchev–Trinajstić information content (AvgIpc) is 2.61. The highest BCUT2D eigenvalue weighted by molar-refractivity contribution is 6.30. The van der Waals surface area contributed by atoms with Crippen LogP contribution in [-0.2, 0) is 11.3 Å². The number of amides is 2. The van der Waals surface area contributed by atoms with Crippen molar-refractivity contribution >= 4 is 23.4 Å². The van der Waals surface area contributed by atoms with E-state index in [0.29, 0.717) is 17.1 Å². The maximum atomic E-state index is 12.3. The lowest BCUT2D eigenvalue weighted by molar-refractivity contribution is -0.122. The third-order valence-electron chi connectivity index (χ3n) is 4.04. The normalized spacial score (nSPS) is 11.9. The summed E-state index contributed by atoms with van der Waals surface area (Å²) in [6.07, 6.45) is 0. The number of hydrogen-bond acceptors (Lipinski definition) is 3. The van der Waals surface area contributed by atoms with Gasteiger partial charge >= 0.3 is 0 Å². The molecule has 2 aromatic rings. The predicted octanol–water partition coefficient (Wildman–Crippen LogP) is 3.01. The van der Waals surface area contributed by atoms with Crippen LogP contribution in [-0.4, -0.2) is 37.4 Å². The minimum Gasteiger partial charge on any atom is -0.355 e. The number of hydrogen-bond donors (Lipinski definition) is 2. The summed E-state index contributed by atoms with van der Waals surface area (Å²) in [6, 6.07) is 14.7. The summed E-state index contributed by atoms with van der Waals surface area (Å²) in [6.45, 7) is 2.83. The van der Waals surface area contributed by atoms with Crippen LogP contribution in [0.4, 0.5) is 0 Å². The fourth-order valence-electron chi connectivity index (χ4n) is 2.66. The quantitative estimate of drug-likeness (QED) is 0.784. The van der Waals surface area contributed by atoms with Crippen LogP contribution < -0.4 is 10.6 Å². The Balaban J connectivity index is 1.85. The largest absolute Gasteiger partial charge is 0.355 e. The zero-order chi connectivity index (χ0) is 19.1. The Bertz CT molecular complexity index is 762. The zero-order valence-corrected chi connectivity index (χ0v) is 16.0. The van der Waals surface area contributed by atoms with Crippen LogP contribution in [0.2, 0.25) is 5.02 Å². The molecule has 0 fully saturated rings. The summed E-state index contributed by atoms with van der Waals surface area (Å²) >= 11 is 5.99. The van der Waals surface area contributed by atoms with Gasteiger partial charge in [0, 0.05) is 24.2 Å². The highest BCUT2D eigenvalue weighted by Crippen LogP contribution is 2.17. The van der Waals surface area contributed by atoms with Crippen LogP contribution >= 0.6 is 11.6 Å². The van der Waals surface area contributed by atoms with E-state index in [9.17, 15) is 9.59 Å². The smallest absolute Gasteiger partial charge is 0.251 e.